The van der Waals surface area contributed by atoms with Crippen molar-refractivity contribution in [2.24, 2.45) is 5.92 Å². The predicted molar refractivity (Wildman–Crippen MR) is 86.8 cm³/mol. The highest BCUT2D eigenvalue weighted by molar-refractivity contribution is 7.89. The number of carbonyl (C=O) groups excluding carboxylic acids is 1. The molecule has 2 rings (SSSR count). The van der Waals surface area contributed by atoms with Crippen molar-refractivity contribution in [2.75, 3.05) is 18.8 Å². The van der Waals surface area contributed by atoms with E-state index in [2.05, 4.69) is 11.4 Å². The molecule has 0 radical (unpaired) electrons. The van der Waals surface area contributed by atoms with Gasteiger partial charge in [-0.2, -0.15) is 0 Å². The Morgan fingerprint density at radius 1 is 1.32 bits per heavy atom. The Balaban J connectivity index is 1.83. The molecule has 1 aromatic rings. The number of nitrogens with zero attached hydrogens (tertiary/aromatic N) is 1. The summed E-state index contributed by atoms with van der Waals surface area (Å²) in [4.78, 5) is 12.2. The number of piperidine rings is 1. The summed E-state index contributed by atoms with van der Waals surface area (Å²) in [6, 6.07) is 8.04. The maximum atomic E-state index is 12.2. The molecule has 6 heteroatoms. The topological polar surface area (TPSA) is 66.5 Å². The van der Waals surface area contributed by atoms with E-state index in [1.807, 2.05) is 25.1 Å². The number of sulfonamides is 1. The van der Waals surface area contributed by atoms with Gasteiger partial charge in [0, 0.05) is 25.6 Å². The van der Waals surface area contributed by atoms with E-state index in [1.165, 1.54) is 9.87 Å². The fourth-order valence-electron chi connectivity index (χ4n) is 2.73. The van der Waals surface area contributed by atoms with Crippen LogP contribution in [0.15, 0.2) is 24.3 Å². The quantitative estimate of drug-likeness (QED) is 0.896. The third-order valence-electron chi connectivity index (χ3n) is 4.13. The van der Waals surface area contributed by atoms with Gasteiger partial charge in [0.15, 0.2) is 0 Å². The van der Waals surface area contributed by atoms with Gasteiger partial charge in [0.1, 0.15) is 0 Å². The van der Waals surface area contributed by atoms with E-state index in [0.717, 1.165) is 5.56 Å². The second-order valence-electron chi connectivity index (χ2n) is 5.78. The number of rotatable bonds is 5. The Bertz CT molecular complexity index is 620. The van der Waals surface area contributed by atoms with Gasteiger partial charge in [-0.1, -0.05) is 29.8 Å². The molecule has 0 aliphatic carbocycles. The van der Waals surface area contributed by atoms with E-state index in [1.54, 1.807) is 6.92 Å². The summed E-state index contributed by atoms with van der Waals surface area (Å²) >= 11 is 0. The van der Waals surface area contributed by atoms with Gasteiger partial charge in [-0.25, -0.2) is 12.7 Å². The Hall–Kier alpha value is -1.40. The van der Waals surface area contributed by atoms with Crippen LogP contribution in [0, 0.1) is 12.8 Å². The molecule has 0 saturated carbocycles. The summed E-state index contributed by atoms with van der Waals surface area (Å²) < 4.78 is 25.1. The molecule has 0 unspecified atom stereocenters. The average Bonchev–Trinajstić information content (AvgIpc) is 2.53. The van der Waals surface area contributed by atoms with Crippen LogP contribution in [0.25, 0.3) is 0 Å². The zero-order valence-corrected chi connectivity index (χ0v) is 14.0. The molecule has 1 aromatic carbocycles. The van der Waals surface area contributed by atoms with Crippen LogP contribution in [0.1, 0.15) is 30.9 Å². The third-order valence-corrected chi connectivity index (χ3v) is 6.01. The first-order valence-electron chi connectivity index (χ1n) is 7.73. The predicted octanol–water partition coefficient (Wildman–Crippen LogP) is 1.67. The third kappa shape index (κ3) is 4.30. The number of amides is 1. The highest BCUT2D eigenvalue weighted by Gasteiger charge is 2.29. The first-order valence-corrected chi connectivity index (χ1v) is 9.34. The number of nitrogens with one attached hydrogen (secondary N) is 1. The summed E-state index contributed by atoms with van der Waals surface area (Å²) in [5, 5.41) is 2.96. The van der Waals surface area contributed by atoms with Crippen molar-refractivity contribution in [3.05, 3.63) is 35.4 Å². The van der Waals surface area contributed by atoms with E-state index >= 15 is 0 Å². The van der Waals surface area contributed by atoms with E-state index in [-0.39, 0.29) is 17.6 Å². The van der Waals surface area contributed by atoms with Gasteiger partial charge >= 0.3 is 0 Å². The van der Waals surface area contributed by atoms with Gasteiger partial charge in [0.2, 0.25) is 15.9 Å². The van der Waals surface area contributed by atoms with E-state index in [0.29, 0.717) is 32.5 Å². The molecule has 122 valence electrons. The van der Waals surface area contributed by atoms with Crippen molar-refractivity contribution in [3.63, 3.8) is 0 Å². The lowest BCUT2D eigenvalue weighted by atomic mass is 9.97. The maximum Gasteiger partial charge on any atom is 0.223 e. The van der Waals surface area contributed by atoms with Gasteiger partial charge in [0.05, 0.1) is 5.75 Å². The number of hydrogen-bond acceptors (Lipinski definition) is 3. The molecule has 1 amide bonds. The molecular weight excluding hydrogens is 300 g/mol. The molecule has 1 aliphatic heterocycles. The molecule has 0 aromatic heterocycles. The van der Waals surface area contributed by atoms with Crippen LogP contribution in [0.5, 0.6) is 0 Å². The highest BCUT2D eigenvalue weighted by Crippen LogP contribution is 2.20. The molecule has 1 saturated heterocycles. The Kier molecular flexibility index (Phi) is 5.58. The molecule has 1 N–H and O–H groups in total. The minimum atomic E-state index is -3.13. The molecule has 22 heavy (non-hydrogen) atoms. The summed E-state index contributed by atoms with van der Waals surface area (Å²) in [5.74, 6) is 0.0557. The van der Waals surface area contributed by atoms with Crippen molar-refractivity contribution in [1.82, 2.24) is 9.62 Å². The van der Waals surface area contributed by atoms with Crippen LogP contribution in [-0.2, 0) is 21.4 Å². The molecule has 0 bridgehead atoms. The fraction of sp³-hybridized carbons (Fsp3) is 0.562. The largest absolute Gasteiger partial charge is 0.352 e. The van der Waals surface area contributed by atoms with Gasteiger partial charge in [0.25, 0.3) is 0 Å². The van der Waals surface area contributed by atoms with Gasteiger partial charge in [-0.05, 0) is 32.3 Å². The summed E-state index contributed by atoms with van der Waals surface area (Å²) in [7, 11) is -3.13. The van der Waals surface area contributed by atoms with Crippen LogP contribution >= 0.6 is 0 Å². The average molecular weight is 324 g/mol. The van der Waals surface area contributed by atoms with Crippen LogP contribution in [-0.4, -0.2) is 37.5 Å². The second kappa shape index (κ2) is 7.24. The zero-order valence-electron chi connectivity index (χ0n) is 13.2. The lowest BCUT2D eigenvalue weighted by Gasteiger charge is -2.30. The molecule has 1 fully saturated rings. The van der Waals surface area contributed by atoms with Crippen LogP contribution in [0.3, 0.4) is 0 Å². The molecular formula is C16H24N2O3S. The SMILES string of the molecule is CCS(=O)(=O)N1CCC(C(=O)NCc2cccc(C)c2)CC1. The lowest BCUT2D eigenvalue weighted by molar-refractivity contribution is -0.126. The van der Waals surface area contributed by atoms with Crippen molar-refractivity contribution in [2.45, 2.75) is 33.2 Å². The van der Waals surface area contributed by atoms with Crippen LogP contribution in [0.2, 0.25) is 0 Å². The highest BCUT2D eigenvalue weighted by atomic mass is 32.2. The monoisotopic (exact) mass is 324 g/mol. The van der Waals surface area contributed by atoms with Crippen molar-refractivity contribution >= 4 is 15.9 Å². The number of carbonyl (C=O) groups is 1. The first kappa shape index (κ1) is 17.0. The van der Waals surface area contributed by atoms with Crippen LogP contribution in [0.4, 0.5) is 0 Å². The van der Waals surface area contributed by atoms with Gasteiger partial charge in [-0.3, -0.25) is 4.79 Å². The Morgan fingerprint density at radius 2 is 2.00 bits per heavy atom. The minimum absolute atomic E-state index is 0.0232. The van der Waals surface area contributed by atoms with E-state index in [4.69, 9.17) is 0 Å². The van der Waals surface area contributed by atoms with Crippen molar-refractivity contribution < 1.29 is 13.2 Å². The van der Waals surface area contributed by atoms with E-state index in [9.17, 15) is 13.2 Å². The summed E-state index contributed by atoms with van der Waals surface area (Å²) in [6.45, 7) is 5.08. The van der Waals surface area contributed by atoms with Crippen molar-refractivity contribution in [1.29, 1.82) is 0 Å². The molecule has 0 atom stereocenters. The van der Waals surface area contributed by atoms with Gasteiger partial charge < -0.3 is 5.32 Å². The fourth-order valence-corrected chi connectivity index (χ4v) is 3.87. The second-order valence-corrected chi connectivity index (χ2v) is 8.04. The molecule has 1 heterocycles. The Morgan fingerprint density at radius 3 is 2.59 bits per heavy atom. The molecule has 5 nitrogen and oxygen atoms in total. The first-order chi connectivity index (χ1) is 10.4. The normalized spacial score (nSPS) is 17.4. The number of aryl methyl sites for hydroxylation is 1. The van der Waals surface area contributed by atoms with Crippen LogP contribution < -0.4 is 5.32 Å². The number of benzene rings is 1. The summed E-state index contributed by atoms with van der Waals surface area (Å²) in [5.41, 5.74) is 2.25. The smallest absolute Gasteiger partial charge is 0.223 e. The lowest BCUT2D eigenvalue weighted by Crippen LogP contribution is -2.43. The van der Waals surface area contributed by atoms with Crippen molar-refractivity contribution in [3.8, 4) is 0 Å². The van der Waals surface area contributed by atoms with E-state index < -0.39 is 10.0 Å². The minimum Gasteiger partial charge on any atom is -0.352 e. The molecule has 0 spiro atoms. The molecule has 1 aliphatic rings. The Labute approximate surface area is 132 Å². The zero-order chi connectivity index (χ0) is 16.2. The standard InChI is InChI=1S/C16H24N2O3S/c1-3-22(20,21)18-9-7-15(8-10-18)16(19)17-12-14-6-4-5-13(2)11-14/h4-6,11,15H,3,7-10,12H2,1-2H3,(H,17,19). The van der Waals surface area contributed by atoms with Gasteiger partial charge in [-0.15, -0.1) is 0 Å². The number of hydrogen-bond donors (Lipinski definition) is 1. The summed E-state index contributed by atoms with van der Waals surface area (Å²) in [6.07, 6.45) is 1.19. The maximum absolute atomic E-state index is 12.2.